The second-order valence-corrected chi connectivity index (χ2v) is 7.63. The Bertz CT molecular complexity index is 873. The van der Waals surface area contributed by atoms with E-state index in [1.807, 2.05) is 49.5 Å². The predicted octanol–water partition coefficient (Wildman–Crippen LogP) is 3.76. The average Bonchev–Trinajstić information content (AvgIpc) is 3.02. The number of aromatic nitrogens is 1. The first-order chi connectivity index (χ1) is 12.5. The Kier molecular flexibility index (Phi) is 6.12. The summed E-state index contributed by atoms with van der Waals surface area (Å²) in [5, 5.41) is 4.25. The number of carbonyl (C=O) groups excluding carboxylic acids is 1. The van der Waals surface area contributed by atoms with Crippen LogP contribution in [0.25, 0.3) is 10.9 Å². The lowest BCUT2D eigenvalue weighted by Gasteiger charge is -2.23. The van der Waals surface area contributed by atoms with E-state index in [0.717, 1.165) is 27.4 Å². The van der Waals surface area contributed by atoms with Crippen LogP contribution in [0.5, 0.6) is 0 Å². The lowest BCUT2D eigenvalue weighted by molar-refractivity contribution is -0.125. The summed E-state index contributed by atoms with van der Waals surface area (Å²) in [6, 6.07) is 16.2. The molecule has 4 nitrogen and oxygen atoms in total. The molecule has 0 saturated carbocycles. The molecular formula is C21H24BrN3O. The second kappa shape index (κ2) is 8.52. The van der Waals surface area contributed by atoms with Gasteiger partial charge in [-0.2, -0.15) is 0 Å². The maximum Gasteiger partial charge on any atom is 0.237 e. The molecule has 1 amide bonds. The zero-order chi connectivity index (χ0) is 18.5. The molecule has 0 unspecified atom stereocenters. The normalized spacial score (nSPS) is 12.5. The van der Waals surface area contributed by atoms with Gasteiger partial charge < -0.3 is 10.3 Å². The van der Waals surface area contributed by atoms with Crippen LogP contribution in [0.1, 0.15) is 11.1 Å². The van der Waals surface area contributed by atoms with Gasteiger partial charge in [-0.25, -0.2) is 0 Å². The Balaban J connectivity index is 1.65. The van der Waals surface area contributed by atoms with Crippen molar-refractivity contribution in [1.82, 2.24) is 15.2 Å². The highest BCUT2D eigenvalue weighted by Gasteiger charge is 2.22. The maximum atomic E-state index is 12.7. The molecule has 26 heavy (non-hydrogen) atoms. The van der Waals surface area contributed by atoms with Crippen molar-refractivity contribution in [1.29, 1.82) is 0 Å². The van der Waals surface area contributed by atoms with Crippen molar-refractivity contribution in [2.75, 3.05) is 20.6 Å². The number of likely N-dealkylation sites (N-methyl/N-ethyl adjacent to an activating group) is 1. The number of H-pyrrole nitrogens is 1. The Morgan fingerprint density at radius 2 is 1.96 bits per heavy atom. The molecule has 0 spiro atoms. The van der Waals surface area contributed by atoms with Gasteiger partial charge >= 0.3 is 0 Å². The number of rotatable bonds is 7. The first kappa shape index (κ1) is 18.7. The van der Waals surface area contributed by atoms with E-state index in [-0.39, 0.29) is 11.9 Å². The minimum Gasteiger partial charge on any atom is -0.361 e. The summed E-state index contributed by atoms with van der Waals surface area (Å²) < 4.78 is 1.04. The number of fused-ring (bicyclic) bond motifs is 1. The molecule has 0 bridgehead atoms. The maximum absolute atomic E-state index is 12.7. The lowest BCUT2D eigenvalue weighted by Crippen LogP contribution is -2.45. The first-order valence-corrected chi connectivity index (χ1v) is 9.57. The van der Waals surface area contributed by atoms with Crippen molar-refractivity contribution in [3.63, 3.8) is 0 Å². The third-order valence-electron chi connectivity index (χ3n) is 4.62. The van der Waals surface area contributed by atoms with Gasteiger partial charge in [0, 0.05) is 28.1 Å². The molecular weight excluding hydrogens is 390 g/mol. The van der Waals surface area contributed by atoms with Crippen molar-refractivity contribution >= 4 is 32.7 Å². The molecule has 2 N–H and O–H groups in total. The smallest absolute Gasteiger partial charge is 0.237 e. The minimum absolute atomic E-state index is 0.0670. The molecule has 1 heterocycles. The monoisotopic (exact) mass is 413 g/mol. The molecule has 5 heteroatoms. The largest absolute Gasteiger partial charge is 0.361 e. The van der Waals surface area contributed by atoms with Gasteiger partial charge in [0.25, 0.3) is 0 Å². The Morgan fingerprint density at radius 1 is 1.19 bits per heavy atom. The van der Waals surface area contributed by atoms with E-state index in [4.69, 9.17) is 0 Å². The zero-order valence-corrected chi connectivity index (χ0v) is 16.7. The van der Waals surface area contributed by atoms with Crippen molar-refractivity contribution in [2.24, 2.45) is 0 Å². The van der Waals surface area contributed by atoms with Crippen LogP contribution in [0.2, 0.25) is 0 Å². The Morgan fingerprint density at radius 3 is 2.69 bits per heavy atom. The Hall–Kier alpha value is -2.11. The summed E-state index contributed by atoms with van der Waals surface area (Å²) in [6.07, 6.45) is 3.52. The van der Waals surface area contributed by atoms with Crippen LogP contribution in [0.4, 0.5) is 0 Å². The highest BCUT2D eigenvalue weighted by Crippen LogP contribution is 2.23. The summed E-state index contributed by atoms with van der Waals surface area (Å²) in [7, 11) is 3.90. The van der Waals surface area contributed by atoms with Crippen molar-refractivity contribution < 1.29 is 4.79 Å². The fourth-order valence-electron chi connectivity index (χ4n) is 3.14. The van der Waals surface area contributed by atoms with E-state index in [1.54, 1.807) is 0 Å². The third-order valence-corrected chi connectivity index (χ3v) is 5.12. The summed E-state index contributed by atoms with van der Waals surface area (Å²) in [4.78, 5) is 18.0. The molecule has 1 aromatic heterocycles. The highest BCUT2D eigenvalue weighted by molar-refractivity contribution is 9.10. The summed E-state index contributed by atoms with van der Waals surface area (Å²) in [5.74, 6) is 0.0670. The SMILES string of the molecule is CN(C)[C@@H](Cc1c[nH]c2cc(Br)ccc12)C(=O)NCCc1ccccc1. The topological polar surface area (TPSA) is 48.1 Å². The van der Waals surface area contributed by atoms with Crippen molar-refractivity contribution in [3.05, 3.63) is 70.3 Å². The number of hydrogen-bond donors (Lipinski definition) is 2. The minimum atomic E-state index is -0.201. The standard InChI is InChI=1S/C21H24BrN3O/c1-25(2)20(21(26)23-11-10-15-6-4-3-5-7-15)12-16-14-24-19-13-17(22)8-9-18(16)19/h3-9,13-14,20,24H,10-12H2,1-2H3,(H,23,26)/t20-/m0/s1. The van der Waals surface area contributed by atoms with Gasteiger partial charge in [-0.3, -0.25) is 9.69 Å². The molecule has 0 aliphatic heterocycles. The number of carbonyl (C=O) groups is 1. The van der Waals surface area contributed by atoms with Crippen molar-refractivity contribution in [2.45, 2.75) is 18.9 Å². The highest BCUT2D eigenvalue weighted by atomic mass is 79.9. The number of hydrogen-bond acceptors (Lipinski definition) is 2. The summed E-state index contributed by atoms with van der Waals surface area (Å²) in [6.45, 7) is 0.647. The van der Waals surface area contributed by atoms with Gasteiger partial charge in [-0.05, 0) is 50.2 Å². The van der Waals surface area contributed by atoms with Crippen LogP contribution >= 0.6 is 15.9 Å². The van der Waals surface area contributed by atoms with E-state index in [0.29, 0.717) is 13.0 Å². The van der Waals surface area contributed by atoms with Crippen LogP contribution in [0.15, 0.2) is 59.2 Å². The summed E-state index contributed by atoms with van der Waals surface area (Å²) >= 11 is 3.49. The first-order valence-electron chi connectivity index (χ1n) is 8.78. The molecule has 1 atom stereocenters. The third kappa shape index (κ3) is 4.54. The molecule has 0 fully saturated rings. The molecule has 0 aliphatic carbocycles. The molecule has 0 saturated heterocycles. The number of nitrogens with zero attached hydrogens (tertiary/aromatic N) is 1. The fraction of sp³-hybridized carbons (Fsp3) is 0.286. The van der Waals surface area contributed by atoms with E-state index < -0.39 is 0 Å². The van der Waals surface area contributed by atoms with Gasteiger partial charge in [0.1, 0.15) is 0 Å². The molecule has 0 radical (unpaired) electrons. The number of halogens is 1. The number of aromatic amines is 1. The lowest BCUT2D eigenvalue weighted by atomic mass is 10.0. The predicted molar refractivity (Wildman–Crippen MR) is 110 cm³/mol. The fourth-order valence-corrected chi connectivity index (χ4v) is 3.50. The van der Waals surface area contributed by atoms with E-state index >= 15 is 0 Å². The van der Waals surface area contributed by atoms with Gasteiger partial charge in [-0.1, -0.05) is 52.3 Å². The van der Waals surface area contributed by atoms with Crippen LogP contribution in [-0.4, -0.2) is 42.5 Å². The number of amides is 1. The van der Waals surface area contributed by atoms with Gasteiger partial charge in [0.05, 0.1) is 6.04 Å². The number of benzene rings is 2. The van der Waals surface area contributed by atoms with Crippen molar-refractivity contribution in [3.8, 4) is 0 Å². The van der Waals surface area contributed by atoms with Gasteiger partial charge in [0.2, 0.25) is 5.91 Å². The Labute approximate surface area is 162 Å². The van der Waals surface area contributed by atoms with Crippen LogP contribution in [0, 0.1) is 0 Å². The molecule has 2 aromatic carbocycles. The molecule has 3 rings (SSSR count). The molecule has 3 aromatic rings. The van der Waals surface area contributed by atoms with E-state index in [9.17, 15) is 4.79 Å². The second-order valence-electron chi connectivity index (χ2n) is 6.71. The van der Waals surface area contributed by atoms with Gasteiger partial charge in [-0.15, -0.1) is 0 Å². The van der Waals surface area contributed by atoms with Crippen LogP contribution < -0.4 is 5.32 Å². The summed E-state index contributed by atoms with van der Waals surface area (Å²) in [5.41, 5.74) is 3.47. The van der Waals surface area contributed by atoms with Gasteiger partial charge in [0.15, 0.2) is 0 Å². The zero-order valence-electron chi connectivity index (χ0n) is 15.1. The van der Waals surface area contributed by atoms with Crippen LogP contribution in [0.3, 0.4) is 0 Å². The van der Waals surface area contributed by atoms with E-state index in [2.05, 4.69) is 50.5 Å². The van der Waals surface area contributed by atoms with Crippen LogP contribution in [-0.2, 0) is 17.6 Å². The molecule has 0 aliphatic rings. The molecule has 136 valence electrons. The average molecular weight is 414 g/mol. The quantitative estimate of drug-likeness (QED) is 0.619. The number of nitrogens with one attached hydrogen (secondary N) is 2. The van der Waals surface area contributed by atoms with E-state index in [1.165, 1.54) is 5.56 Å².